The van der Waals surface area contributed by atoms with Gasteiger partial charge in [0, 0.05) is 17.0 Å². The Hall–Kier alpha value is -2.34. The lowest BCUT2D eigenvalue weighted by atomic mass is 9.92. The number of nitrogens with one attached hydrogen (secondary N) is 2. The average molecular weight is 346 g/mol. The summed E-state index contributed by atoms with van der Waals surface area (Å²) >= 11 is 0. The molecule has 0 aliphatic heterocycles. The van der Waals surface area contributed by atoms with E-state index in [1.165, 1.54) is 0 Å². The molecule has 1 aromatic heterocycles. The summed E-state index contributed by atoms with van der Waals surface area (Å²) < 4.78 is 10.6. The van der Waals surface area contributed by atoms with Gasteiger partial charge in [-0.1, -0.05) is 25.9 Å². The van der Waals surface area contributed by atoms with Crippen LogP contribution in [0.15, 0.2) is 34.9 Å². The molecule has 0 radical (unpaired) electrons. The van der Waals surface area contributed by atoms with Crippen molar-refractivity contribution in [3.05, 3.63) is 41.6 Å². The molecule has 6 heteroatoms. The van der Waals surface area contributed by atoms with Crippen molar-refractivity contribution in [1.29, 1.82) is 0 Å². The van der Waals surface area contributed by atoms with E-state index in [0.29, 0.717) is 19.0 Å². The number of hydrogen-bond donors (Lipinski definition) is 2. The highest BCUT2D eigenvalue weighted by atomic mass is 16.5. The van der Waals surface area contributed by atoms with E-state index in [9.17, 15) is 4.79 Å². The van der Waals surface area contributed by atoms with Crippen LogP contribution >= 0.6 is 0 Å². The lowest BCUT2D eigenvalue weighted by Crippen LogP contribution is -3.08. The van der Waals surface area contributed by atoms with Crippen LogP contribution < -0.4 is 15.0 Å². The van der Waals surface area contributed by atoms with Crippen LogP contribution in [-0.2, 0) is 16.8 Å². The van der Waals surface area contributed by atoms with Gasteiger partial charge in [0.25, 0.3) is 5.91 Å². The topological polar surface area (TPSA) is 68.8 Å². The summed E-state index contributed by atoms with van der Waals surface area (Å²) in [5.41, 5.74) is 1.86. The van der Waals surface area contributed by atoms with Gasteiger partial charge in [-0.25, -0.2) is 0 Å². The first-order valence-electron chi connectivity index (χ1n) is 8.58. The van der Waals surface area contributed by atoms with Crippen LogP contribution in [0.4, 0.5) is 5.88 Å². The number of quaternary nitrogens is 1. The number of anilines is 1. The molecule has 0 saturated heterocycles. The number of benzene rings is 1. The van der Waals surface area contributed by atoms with Gasteiger partial charge >= 0.3 is 0 Å². The van der Waals surface area contributed by atoms with Gasteiger partial charge in [0.05, 0.1) is 19.3 Å². The number of likely N-dealkylation sites (N-methyl/N-ethyl adjacent to an activating group) is 1. The van der Waals surface area contributed by atoms with E-state index in [2.05, 4.69) is 10.5 Å². The molecule has 0 aliphatic carbocycles. The zero-order valence-corrected chi connectivity index (χ0v) is 15.7. The lowest BCUT2D eigenvalue weighted by Gasteiger charge is -2.14. The Balaban J connectivity index is 1.84. The summed E-state index contributed by atoms with van der Waals surface area (Å²) in [6.07, 6.45) is 0. The Labute approximate surface area is 149 Å². The van der Waals surface area contributed by atoms with Crippen LogP contribution in [0.3, 0.4) is 0 Å². The van der Waals surface area contributed by atoms with Crippen molar-refractivity contribution in [3.8, 4) is 5.75 Å². The maximum Gasteiger partial charge on any atom is 0.281 e. The Morgan fingerprint density at radius 3 is 2.52 bits per heavy atom. The quantitative estimate of drug-likeness (QED) is 0.805. The highest BCUT2D eigenvalue weighted by Gasteiger charge is 2.20. The summed E-state index contributed by atoms with van der Waals surface area (Å²) in [6.45, 7) is 9.86. The van der Waals surface area contributed by atoms with Crippen molar-refractivity contribution in [2.45, 2.75) is 39.7 Å². The molecule has 2 aromatic rings. The molecular weight excluding hydrogens is 318 g/mol. The summed E-state index contributed by atoms with van der Waals surface area (Å²) in [5.74, 6) is 1.16. The van der Waals surface area contributed by atoms with Crippen LogP contribution in [0.25, 0.3) is 0 Å². The van der Waals surface area contributed by atoms with Gasteiger partial charge in [-0.05, 0) is 31.2 Å². The zero-order valence-electron chi connectivity index (χ0n) is 15.7. The first kappa shape index (κ1) is 19.0. The number of aromatic nitrogens is 1. The molecule has 1 aromatic carbocycles. The van der Waals surface area contributed by atoms with E-state index in [1.54, 1.807) is 6.07 Å². The van der Waals surface area contributed by atoms with Gasteiger partial charge in [-0.2, -0.15) is 0 Å². The molecule has 2 N–H and O–H groups in total. The van der Waals surface area contributed by atoms with Gasteiger partial charge in [-0.15, -0.1) is 0 Å². The minimum Gasteiger partial charge on any atom is -0.494 e. The maximum absolute atomic E-state index is 12.2. The van der Waals surface area contributed by atoms with Crippen molar-refractivity contribution < 1.29 is 19.0 Å². The molecule has 136 valence electrons. The van der Waals surface area contributed by atoms with Crippen molar-refractivity contribution in [1.82, 2.24) is 5.16 Å². The number of amides is 1. The van der Waals surface area contributed by atoms with E-state index in [1.807, 2.05) is 59.0 Å². The third kappa shape index (κ3) is 5.90. The number of rotatable bonds is 7. The number of carbonyl (C=O) groups is 1. The first-order chi connectivity index (χ1) is 11.8. The number of ether oxygens (including phenoxy) is 1. The minimum atomic E-state index is -0.109. The predicted molar refractivity (Wildman–Crippen MR) is 96.9 cm³/mol. The molecule has 0 bridgehead atoms. The molecule has 0 fully saturated rings. The average Bonchev–Trinajstić information content (AvgIpc) is 2.98. The SMILES string of the molecule is CCOc1ccc(C[NH+](C)CC(=O)Nc2cc(C(C)(C)C)no2)cc1. The zero-order chi connectivity index (χ0) is 18.4. The number of carbonyl (C=O) groups excluding carboxylic acids is 1. The van der Waals surface area contributed by atoms with E-state index in [0.717, 1.165) is 28.5 Å². The first-order valence-corrected chi connectivity index (χ1v) is 8.58. The summed E-state index contributed by atoms with van der Waals surface area (Å²) in [4.78, 5) is 13.3. The molecule has 1 unspecified atom stereocenters. The van der Waals surface area contributed by atoms with Crippen LogP contribution in [0.1, 0.15) is 39.0 Å². The molecule has 25 heavy (non-hydrogen) atoms. The van der Waals surface area contributed by atoms with Crippen molar-refractivity contribution >= 4 is 11.8 Å². The van der Waals surface area contributed by atoms with Crippen LogP contribution in [0.2, 0.25) is 0 Å². The van der Waals surface area contributed by atoms with Gasteiger partial charge in [0.1, 0.15) is 12.3 Å². The second-order valence-corrected chi connectivity index (χ2v) is 7.26. The predicted octanol–water partition coefficient (Wildman–Crippen LogP) is 2.02. The summed E-state index contributed by atoms with van der Waals surface area (Å²) in [7, 11) is 1.98. The molecule has 0 aliphatic rings. The molecule has 2 rings (SSSR count). The standard InChI is InChI=1S/C19H27N3O3/c1-6-24-15-9-7-14(8-10-15)12-22(5)13-17(23)20-18-11-16(21-25-18)19(2,3)4/h7-11H,6,12-13H2,1-5H3,(H,20,23)/p+1. The normalized spacial score (nSPS) is 12.7. The van der Waals surface area contributed by atoms with Gasteiger partial charge in [-0.3, -0.25) is 10.1 Å². The third-order valence-corrected chi connectivity index (χ3v) is 3.74. The minimum absolute atomic E-state index is 0.0972. The van der Waals surface area contributed by atoms with Gasteiger partial charge in [0.2, 0.25) is 5.88 Å². The third-order valence-electron chi connectivity index (χ3n) is 3.74. The fraction of sp³-hybridized carbons (Fsp3) is 0.474. The van der Waals surface area contributed by atoms with E-state index in [-0.39, 0.29) is 11.3 Å². The van der Waals surface area contributed by atoms with Crippen molar-refractivity contribution in [2.24, 2.45) is 0 Å². The van der Waals surface area contributed by atoms with Crippen LogP contribution in [0, 0.1) is 0 Å². The van der Waals surface area contributed by atoms with Crippen LogP contribution in [-0.4, -0.2) is 31.3 Å². The fourth-order valence-electron chi connectivity index (χ4n) is 2.42. The van der Waals surface area contributed by atoms with Gasteiger partial charge < -0.3 is 14.2 Å². The van der Waals surface area contributed by atoms with Gasteiger partial charge in [0.15, 0.2) is 6.54 Å². The largest absolute Gasteiger partial charge is 0.494 e. The van der Waals surface area contributed by atoms with Crippen molar-refractivity contribution in [3.63, 3.8) is 0 Å². The highest BCUT2D eigenvalue weighted by Crippen LogP contribution is 2.23. The second kappa shape index (κ2) is 8.16. The lowest BCUT2D eigenvalue weighted by molar-refractivity contribution is -0.885. The summed E-state index contributed by atoms with van der Waals surface area (Å²) in [5, 5.41) is 6.77. The Morgan fingerprint density at radius 1 is 1.28 bits per heavy atom. The molecule has 1 amide bonds. The second-order valence-electron chi connectivity index (χ2n) is 7.26. The van der Waals surface area contributed by atoms with E-state index in [4.69, 9.17) is 9.26 Å². The Bertz CT molecular complexity index is 687. The molecule has 0 spiro atoms. The fourth-order valence-corrected chi connectivity index (χ4v) is 2.42. The molecular formula is C19H28N3O3+. The highest BCUT2D eigenvalue weighted by molar-refractivity contribution is 5.90. The summed E-state index contributed by atoms with van der Waals surface area (Å²) in [6, 6.07) is 9.74. The maximum atomic E-state index is 12.2. The molecule has 0 saturated carbocycles. The van der Waals surface area contributed by atoms with E-state index < -0.39 is 0 Å². The van der Waals surface area contributed by atoms with Crippen molar-refractivity contribution in [2.75, 3.05) is 25.5 Å². The smallest absolute Gasteiger partial charge is 0.281 e. The molecule has 6 nitrogen and oxygen atoms in total. The number of nitrogens with zero attached hydrogens (tertiary/aromatic N) is 1. The molecule has 1 atom stereocenters. The Morgan fingerprint density at radius 2 is 1.96 bits per heavy atom. The van der Waals surface area contributed by atoms with Crippen LogP contribution in [0.5, 0.6) is 5.75 Å². The monoisotopic (exact) mass is 346 g/mol. The van der Waals surface area contributed by atoms with E-state index >= 15 is 0 Å². The molecule has 1 heterocycles. The Kier molecular flexibility index (Phi) is 6.20. The number of hydrogen-bond acceptors (Lipinski definition) is 4.